The Balaban J connectivity index is 2.31. The minimum atomic E-state index is -0.795. The predicted octanol–water partition coefficient (Wildman–Crippen LogP) is 6.02. The van der Waals surface area contributed by atoms with Gasteiger partial charge in [-0.25, -0.2) is 8.78 Å². The molecule has 0 aromatic heterocycles. The van der Waals surface area contributed by atoms with Crippen molar-refractivity contribution in [1.29, 1.82) is 0 Å². The summed E-state index contributed by atoms with van der Waals surface area (Å²) in [6.45, 7) is 0. The zero-order valence-corrected chi connectivity index (χ0v) is 11.5. The van der Waals surface area contributed by atoms with E-state index in [1.165, 1.54) is 6.07 Å². The number of fused-ring (bicyclic) bond motifs is 2. The molecule has 0 amide bonds. The van der Waals surface area contributed by atoms with Crippen LogP contribution in [0.3, 0.4) is 0 Å². The molecule has 0 heterocycles. The molecule has 0 bridgehead atoms. The van der Waals surface area contributed by atoms with Gasteiger partial charge in [-0.1, -0.05) is 54.6 Å². The Labute approximate surface area is 124 Å². The molecule has 0 aliphatic heterocycles. The Morgan fingerprint density at radius 1 is 0.545 bits per heavy atom. The third kappa shape index (κ3) is 1.30. The van der Waals surface area contributed by atoms with Crippen LogP contribution < -0.4 is 0 Å². The van der Waals surface area contributed by atoms with Gasteiger partial charge in [0.25, 0.3) is 0 Å². The maximum Gasteiger partial charge on any atom is 0.167 e. The normalized spacial score (nSPS) is 12.1. The lowest BCUT2D eigenvalue weighted by Gasteiger charge is -2.14. The van der Waals surface area contributed by atoms with Gasteiger partial charge >= 0.3 is 0 Å². The Kier molecular flexibility index (Phi) is 2.11. The van der Waals surface area contributed by atoms with Crippen molar-refractivity contribution in [3.63, 3.8) is 0 Å². The van der Waals surface area contributed by atoms with Crippen LogP contribution in [-0.2, 0) is 0 Å². The van der Waals surface area contributed by atoms with Crippen molar-refractivity contribution in [3.8, 4) is 0 Å². The van der Waals surface area contributed by atoms with Crippen molar-refractivity contribution in [2.75, 3.05) is 0 Å². The first-order valence-corrected chi connectivity index (χ1v) is 7.19. The van der Waals surface area contributed by atoms with E-state index in [0.717, 1.165) is 37.7 Å². The molecule has 5 aromatic carbocycles. The van der Waals surface area contributed by atoms with Crippen molar-refractivity contribution in [1.82, 2.24) is 0 Å². The molecule has 0 saturated heterocycles. The van der Waals surface area contributed by atoms with Crippen LogP contribution in [0.15, 0.2) is 60.7 Å². The fourth-order valence-electron chi connectivity index (χ4n) is 3.65. The van der Waals surface area contributed by atoms with E-state index in [4.69, 9.17) is 0 Å². The third-order valence-corrected chi connectivity index (χ3v) is 4.52. The van der Waals surface area contributed by atoms with E-state index in [-0.39, 0.29) is 0 Å². The molecular weight excluding hydrogens is 278 g/mol. The quantitative estimate of drug-likeness (QED) is 0.241. The summed E-state index contributed by atoms with van der Waals surface area (Å²) in [7, 11) is 0. The van der Waals surface area contributed by atoms with Gasteiger partial charge in [-0.2, -0.15) is 0 Å². The van der Waals surface area contributed by atoms with Crippen molar-refractivity contribution < 1.29 is 8.78 Å². The molecule has 0 spiro atoms. The summed E-state index contributed by atoms with van der Waals surface area (Å²) in [6.07, 6.45) is 0. The number of hydrogen-bond acceptors (Lipinski definition) is 0. The van der Waals surface area contributed by atoms with E-state index in [1.807, 2.05) is 54.6 Å². The van der Waals surface area contributed by atoms with Gasteiger partial charge in [-0.3, -0.25) is 0 Å². The minimum absolute atomic E-state index is 0.384. The molecule has 5 rings (SSSR count). The fourth-order valence-corrected chi connectivity index (χ4v) is 3.65. The maximum absolute atomic E-state index is 14.6. The number of rotatable bonds is 0. The molecule has 0 radical (unpaired) electrons. The molecule has 0 atom stereocenters. The van der Waals surface area contributed by atoms with Crippen molar-refractivity contribution in [2.45, 2.75) is 0 Å². The van der Waals surface area contributed by atoms with E-state index in [9.17, 15) is 8.78 Å². The second-order valence-electron chi connectivity index (χ2n) is 5.66. The molecule has 2 heteroatoms. The lowest BCUT2D eigenvalue weighted by Crippen LogP contribution is -1.92. The second kappa shape index (κ2) is 3.92. The molecule has 0 N–H and O–H groups in total. The summed E-state index contributed by atoms with van der Waals surface area (Å²) in [4.78, 5) is 0. The average molecular weight is 288 g/mol. The molecule has 104 valence electrons. The molecule has 0 aliphatic rings. The number of halogens is 2. The molecule has 0 fully saturated rings. The smallest absolute Gasteiger partial charge is 0.167 e. The summed E-state index contributed by atoms with van der Waals surface area (Å²) in [6, 6.07) is 18.8. The summed E-state index contributed by atoms with van der Waals surface area (Å²) >= 11 is 0. The molecule has 5 aromatic rings. The van der Waals surface area contributed by atoms with E-state index < -0.39 is 11.6 Å². The van der Waals surface area contributed by atoms with Crippen LogP contribution in [0.1, 0.15) is 0 Å². The summed E-state index contributed by atoms with van der Waals surface area (Å²) in [5.74, 6) is -1.56. The van der Waals surface area contributed by atoms with E-state index in [1.54, 1.807) is 0 Å². The van der Waals surface area contributed by atoms with E-state index >= 15 is 0 Å². The molecule has 0 nitrogen and oxygen atoms in total. The first-order valence-electron chi connectivity index (χ1n) is 7.19. The van der Waals surface area contributed by atoms with Gasteiger partial charge < -0.3 is 0 Å². The summed E-state index contributed by atoms with van der Waals surface area (Å²) in [5.41, 5.74) is 0. The molecular formula is C20H10F2. The molecule has 0 aliphatic carbocycles. The van der Waals surface area contributed by atoms with Crippen LogP contribution in [0, 0.1) is 11.6 Å². The highest BCUT2D eigenvalue weighted by molar-refractivity contribution is 6.32. The van der Waals surface area contributed by atoms with Crippen molar-refractivity contribution in [2.24, 2.45) is 0 Å². The van der Waals surface area contributed by atoms with Crippen LogP contribution in [0.2, 0.25) is 0 Å². The van der Waals surface area contributed by atoms with Gasteiger partial charge in [0.05, 0.1) is 0 Å². The minimum Gasteiger partial charge on any atom is -0.204 e. The third-order valence-electron chi connectivity index (χ3n) is 4.52. The zero-order valence-electron chi connectivity index (χ0n) is 11.5. The van der Waals surface area contributed by atoms with Crippen LogP contribution >= 0.6 is 0 Å². The van der Waals surface area contributed by atoms with Crippen LogP contribution in [-0.4, -0.2) is 0 Å². The standard InChI is InChI=1S/C20H10F2/c21-16-10-12-6-3-8-14-13-7-1-4-11-5-2-9-15(17(11)13)19(18(12)14)20(16)22/h1-10H. The molecule has 0 unspecified atom stereocenters. The topological polar surface area (TPSA) is 0 Å². The Morgan fingerprint density at radius 3 is 1.86 bits per heavy atom. The van der Waals surface area contributed by atoms with E-state index in [2.05, 4.69) is 0 Å². The van der Waals surface area contributed by atoms with E-state index in [0.29, 0.717) is 5.39 Å². The van der Waals surface area contributed by atoms with Gasteiger partial charge in [0, 0.05) is 10.8 Å². The maximum atomic E-state index is 14.6. The van der Waals surface area contributed by atoms with Crippen molar-refractivity contribution >= 4 is 43.1 Å². The molecule has 22 heavy (non-hydrogen) atoms. The lowest BCUT2D eigenvalue weighted by molar-refractivity contribution is 0.518. The second-order valence-corrected chi connectivity index (χ2v) is 5.66. The first kappa shape index (κ1) is 11.9. The predicted molar refractivity (Wildman–Crippen MR) is 87.6 cm³/mol. The largest absolute Gasteiger partial charge is 0.204 e. The first-order chi connectivity index (χ1) is 10.8. The SMILES string of the molecule is Fc1cc2cccc3c4cccc5cccc(c(c1F)c23)c54. The van der Waals surface area contributed by atoms with Crippen LogP contribution in [0.25, 0.3) is 43.1 Å². The molecule has 0 saturated carbocycles. The highest BCUT2D eigenvalue weighted by Crippen LogP contribution is 2.41. The van der Waals surface area contributed by atoms with Gasteiger partial charge in [-0.15, -0.1) is 0 Å². The number of hydrogen-bond donors (Lipinski definition) is 0. The summed E-state index contributed by atoms with van der Waals surface area (Å²) in [5, 5.41) is 6.78. The Morgan fingerprint density at radius 2 is 1.14 bits per heavy atom. The fraction of sp³-hybridized carbons (Fsp3) is 0. The lowest BCUT2D eigenvalue weighted by atomic mass is 9.89. The Hall–Kier alpha value is -2.74. The number of benzene rings is 5. The van der Waals surface area contributed by atoms with Crippen molar-refractivity contribution in [3.05, 3.63) is 72.3 Å². The monoisotopic (exact) mass is 288 g/mol. The zero-order chi connectivity index (χ0) is 14.8. The van der Waals surface area contributed by atoms with Gasteiger partial charge in [0.15, 0.2) is 11.6 Å². The van der Waals surface area contributed by atoms with Crippen LogP contribution in [0.4, 0.5) is 8.78 Å². The van der Waals surface area contributed by atoms with Crippen LogP contribution in [0.5, 0.6) is 0 Å². The van der Waals surface area contributed by atoms with Gasteiger partial charge in [-0.05, 0) is 38.4 Å². The van der Waals surface area contributed by atoms with Gasteiger partial charge in [0.1, 0.15) is 0 Å². The summed E-state index contributed by atoms with van der Waals surface area (Å²) < 4.78 is 28.6. The van der Waals surface area contributed by atoms with Gasteiger partial charge in [0.2, 0.25) is 0 Å². The Bertz CT molecular complexity index is 1180. The average Bonchev–Trinajstić information content (AvgIpc) is 2.55. The highest BCUT2D eigenvalue weighted by Gasteiger charge is 2.17. The highest BCUT2D eigenvalue weighted by atomic mass is 19.2.